The number of nitrogens with zero attached hydrogens (tertiary/aromatic N) is 2. The summed E-state index contributed by atoms with van der Waals surface area (Å²) in [6, 6.07) is 0.972. The van der Waals surface area contributed by atoms with Crippen LogP contribution in [0.15, 0.2) is 12.3 Å². The lowest BCUT2D eigenvalue weighted by molar-refractivity contribution is -0.137. The molecular weight excluding hydrogens is 335 g/mol. The highest BCUT2D eigenvalue weighted by Crippen LogP contribution is 2.31. The average molecular weight is 359 g/mol. The molecule has 0 aromatic carbocycles. The molecule has 5 nitrogen and oxygen atoms in total. The molecule has 0 saturated carbocycles. The van der Waals surface area contributed by atoms with E-state index in [1.54, 1.807) is 27.7 Å². The second kappa shape index (κ2) is 7.09. The van der Waals surface area contributed by atoms with Gasteiger partial charge in [0.1, 0.15) is 11.4 Å². The molecule has 1 aromatic rings. The summed E-state index contributed by atoms with van der Waals surface area (Å²) >= 11 is 0. The molecule has 2 rings (SSSR count). The molecule has 1 fully saturated rings. The van der Waals surface area contributed by atoms with Crippen LogP contribution in [0.2, 0.25) is 0 Å². The molecule has 1 aliphatic rings. The number of piperidine rings is 1. The van der Waals surface area contributed by atoms with Gasteiger partial charge in [0, 0.05) is 25.3 Å². The Morgan fingerprint density at radius 2 is 2.04 bits per heavy atom. The number of carbonyl (C=O) groups excluding carboxylic acids is 1. The Morgan fingerprint density at radius 3 is 2.60 bits per heavy atom. The second-order valence-electron chi connectivity index (χ2n) is 7.29. The van der Waals surface area contributed by atoms with Crippen LogP contribution >= 0.6 is 0 Å². The van der Waals surface area contributed by atoms with Crippen molar-refractivity contribution in [3.63, 3.8) is 0 Å². The maximum absolute atomic E-state index is 12.8. The summed E-state index contributed by atoms with van der Waals surface area (Å²) < 4.78 is 43.6. The third-order valence-corrected chi connectivity index (χ3v) is 3.82. The van der Waals surface area contributed by atoms with E-state index >= 15 is 0 Å². The van der Waals surface area contributed by atoms with Gasteiger partial charge in [0.15, 0.2) is 0 Å². The maximum Gasteiger partial charge on any atom is 0.417 e. The lowest BCUT2D eigenvalue weighted by Gasteiger charge is -2.35. The van der Waals surface area contributed by atoms with E-state index in [0.717, 1.165) is 25.1 Å². The van der Waals surface area contributed by atoms with E-state index in [1.165, 1.54) is 0 Å². The van der Waals surface area contributed by atoms with Crippen LogP contribution in [-0.2, 0) is 10.9 Å². The van der Waals surface area contributed by atoms with Crippen LogP contribution in [0, 0.1) is 6.92 Å². The van der Waals surface area contributed by atoms with E-state index in [-0.39, 0.29) is 6.04 Å². The Hall–Kier alpha value is -1.99. The van der Waals surface area contributed by atoms with Crippen LogP contribution in [0.4, 0.5) is 23.8 Å². The van der Waals surface area contributed by atoms with Crippen molar-refractivity contribution in [2.45, 2.75) is 58.4 Å². The van der Waals surface area contributed by atoms with Crippen LogP contribution in [0.3, 0.4) is 0 Å². The van der Waals surface area contributed by atoms with Gasteiger partial charge in [-0.1, -0.05) is 0 Å². The molecule has 0 bridgehead atoms. The van der Waals surface area contributed by atoms with Crippen molar-refractivity contribution >= 4 is 11.9 Å². The van der Waals surface area contributed by atoms with Crippen molar-refractivity contribution in [1.29, 1.82) is 0 Å². The van der Waals surface area contributed by atoms with E-state index in [0.29, 0.717) is 24.5 Å². The molecule has 1 aromatic heterocycles. The quantitative estimate of drug-likeness (QED) is 0.870. The molecule has 1 aliphatic heterocycles. The molecule has 0 radical (unpaired) electrons. The summed E-state index contributed by atoms with van der Waals surface area (Å²) in [5.41, 5.74) is -0.869. The number of hydrogen-bond acceptors (Lipinski definition) is 4. The smallest absolute Gasteiger partial charge is 0.417 e. The van der Waals surface area contributed by atoms with Gasteiger partial charge in [0.25, 0.3) is 0 Å². The second-order valence-corrected chi connectivity index (χ2v) is 7.29. The number of anilines is 1. The lowest BCUT2D eigenvalue weighted by Crippen LogP contribution is -2.49. The maximum atomic E-state index is 12.8. The summed E-state index contributed by atoms with van der Waals surface area (Å²) in [5, 5.41) is 2.82. The molecule has 140 valence electrons. The summed E-state index contributed by atoms with van der Waals surface area (Å²) in [4.78, 5) is 17.8. The largest absolute Gasteiger partial charge is 0.444 e. The van der Waals surface area contributed by atoms with Crippen molar-refractivity contribution in [2.24, 2.45) is 0 Å². The molecule has 25 heavy (non-hydrogen) atoms. The summed E-state index contributed by atoms with van der Waals surface area (Å²) in [6.07, 6.45) is -2.44. The third kappa shape index (κ3) is 5.51. The third-order valence-electron chi connectivity index (χ3n) is 3.82. The molecule has 1 amide bonds. The predicted molar refractivity (Wildman–Crippen MR) is 88.6 cm³/mol. The van der Waals surface area contributed by atoms with Crippen molar-refractivity contribution in [3.05, 3.63) is 23.4 Å². The lowest BCUT2D eigenvalue weighted by atomic mass is 10.0. The van der Waals surface area contributed by atoms with E-state index in [1.807, 2.05) is 4.90 Å². The fourth-order valence-electron chi connectivity index (χ4n) is 2.82. The Bertz CT molecular complexity index is 627. The normalized spacial score (nSPS) is 18.8. The number of amides is 1. The molecule has 1 N–H and O–H groups in total. The number of carbonyl (C=O) groups is 1. The molecule has 1 saturated heterocycles. The fraction of sp³-hybridized carbons (Fsp3) is 0.647. The molecular formula is C17H24F3N3O2. The summed E-state index contributed by atoms with van der Waals surface area (Å²) in [7, 11) is 0. The Labute approximate surface area is 145 Å². The van der Waals surface area contributed by atoms with Gasteiger partial charge in [-0.15, -0.1) is 0 Å². The number of hydrogen-bond donors (Lipinski definition) is 1. The molecule has 0 unspecified atom stereocenters. The van der Waals surface area contributed by atoms with Gasteiger partial charge in [-0.05, 0) is 52.2 Å². The molecule has 0 aliphatic carbocycles. The number of ether oxygens (including phenoxy) is 1. The van der Waals surface area contributed by atoms with Crippen molar-refractivity contribution in [3.8, 4) is 0 Å². The Morgan fingerprint density at radius 1 is 1.36 bits per heavy atom. The first kappa shape index (κ1) is 19.3. The minimum absolute atomic E-state index is 0.132. The molecule has 0 spiro atoms. The molecule has 2 heterocycles. The number of rotatable bonds is 2. The van der Waals surface area contributed by atoms with E-state index in [9.17, 15) is 18.0 Å². The van der Waals surface area contributed by atoms with Gasteiger partial charge < -0.3 is 15.0 Å². The van der Waals surface area contributed by atoms with Crippen molar-refractivity contribution in [2.75, 3.05) is 18.0 Å². The van der Waals surface area contributed by atoms with Gasteiger partial charge in [0.05, 0.1) is 5.56 Å². The topological polar surface area (TPSA) is 54.5 Å². The first-order valence-corrected chi connectivity index (χ1v) is 8.24. The van der Waals surface area contributed by atoms with Gasteiger partial charge in [-0.2, -0.15) is 13.2 Å². The first-order valence-electron chi connectivity index (χ1n) is 8.24. The minimum atomic E-state index is -4.40. The monoisotopic (exact) mass is 359 g/mol. The van der Waals surface area contributed by atoms with Gasteiger partial charge in [0.2, 0.25) is 0 Å². The van der Waals surface area contributed by atoms with Crippen LogP contribution in [0.5, 0.6) is 0 Å². The summed E-state index contributed by atoms with van der Waals surface area (Å²) in [6.45, 7) is 8.15. The average Bonchev–Trinajstić information content (AvgIpc) is 2.44. The van der Waals surface area contributed by atoms with Gasteiger partial charge in [-0.25, -0.2) is 9.78 Å². The number of aromatic nitrogens is 1. The van der Waals surface area contributed by atoms with E-state index in [2.05, 4.69) is 10.3 Å². The van der Waals surface area contributed by atoms with Crippen LogP contribution < -0.4 is 10.2 Å². The summed E-state index contributed by atoms with van der Waals surface area (Å²) in [5.74, 6) is 0.517. The van der Waals surface area contributed by atoms with Crippen LogP contribution in [0.1, 0.15) is 44.7 Å². The zero-order valence-corrected chi connectivity index (χ0v) is 14.9. The Kier molecular flexibility index (Phi) is 5.49. The minimum Gasteiger partial charge on any atom is -0.444 e. The fourth-order valence-corrected chi connectivity index (χ4v) is 2.82. The SMILES string of the molecule is Cc1cc(C(F)(F)F)cnc1N1CCC[C@@H](NC(=O)OC(C)(C)C)C1. The number of alkyl halides is 3. The molecule has 8 heteroatoms. The number of nitrogens with one attached hydrogen (secondary N) is 1. The van der Waals surface area contributed by atoms with Crippen LogP contribution in [0.25, 0.3) is 0 Å². The highest BCUT2D eigenvalue weighted by molar-refractivity contribution is 5.68. The van der Waals surface area contributed by atoms with Gasteiger partial charge in [-0.3, -0.25) is 0 Å². The van der Waals surface area contributed by atoms with Gasteiger partial charge >= 0.3 is 12.3 Å². The zero-order valence-electron chi connectivity index (χ0n) is 14.9. The highest BCUT2D eigenvalue weighted by Gasteiger charge is 2.32. The standard InChI is InChI=1S/C17H24F3N3O2/c1-11-8-12(17(18,19)20)9-21-14(11)23-7-5-6-13(10-23)22-15(24)25-16(2,3)4/h8-9,13H,5-7,10H2,1-4H3,(H,22,24)/t13-/m1/s1. The number of alkyl carbamates (subject to hydrolysis) is 1. The molecule has 1 atom stereocenters. The van der Waals surface area contributed by atoms with Crippen molar-refractivity contribution < 1.29 is 22.7 Å². The van der Waals surface area contributed by atoms with Crippen LogP contribution in [-0.4, -0.2) is 35.8 Å². The number of pyridine rings is 1. The van der Waals surface area contributed by atoms with E-state index in [4.69, 9.17) is 4.74 Å². The number of halogens is 3. The highest BCUT2D eigenvalue weighted by atomic mass is 19.4. The first-order chi connectivity index (χ1) is 11.5. The predicted octanol–water partition coefficient (Wildman–Crippen LogP) is 3.90. The Balaban J connectivity index is 2.05. The van der Waals surface area contributed by atoms with E-state index < -0.39 is 23.4 Å². The number of aryl methyl sites for hydroxylation is 1. The zero-order chi connectivity index (χ0) is 18.8. The van der Waals surface area contributed by atoms with Crippen molar-refractivity contribution in [1.82, 2.24) is 10.3 Å².